The van der Waals surface area contributed by atoms with E-state index in [1.54, 1.807) is 30.1 Å². The summed E-state index contributed by atoms with van der Waals surface area (Å²) in [6.45, 7) is 0.499. The van der Waals surface area contributed by atoms with Crippen molar-refractivity contribution in [2.45, 2.75) is 19.4 Å². The fourth-order valence-electron chi connectivity index (χ4n) is 2.47. The molecule has 3 aromatic rings. The summed E-state index contributed by atoms with van der Waals surface area (Å²) >= 11 is 11.8. The molecule has 26 heavy (non-hydrogen) atoms. The molecule has 134 valence electrons. The SMILES string of the molecule is CN(Cc1cccc(Cl)c1)C(=O)CCc1nc(-c2ccc(Cl)cc2)no1. The van der Waals surface area contributed by atoms with Gasteiger partial charge in [0.25, 0.3) is 0 Å². The predicted molar refractivity (Wildman–Crippen MR) is 101 cm³/mol. The van der Waals surface area contributed by atoms with Crippen molar-refractivity contribution < 1.29 is 9.32 Å². The molecule has 0 saturated carbocycles. The van der Waals surface area contributed by atoms with Crippen LogP contribution < -0.4 is 0 Å². The van der Waals surface area contributed by atoms with Crippen LogP contribution in [-0.4, -0.2) is 28.0 Å². The number of rotatable bonds is 6. The van der Waals surface area contributed by atoms with Gasteiger partial charge in [-0.15, -0.1) is 0 Å². The normalized spacial score (nSPS) is 10.7. The Bertz CT molecular complexity index is 894. The molecular formula is C19H17Cl2N3O2. The molecule has 0 fully saturated rings. The standard InChI is InChI=1S/C19H17Cl2N3O2/c1-24(12-13-3-2-4-16(21)11-13)18(25)10-9-17-22-19(23-26-17)14-5-7-15(20)8-6-14/h2-8,11H,9-10,12H2,1H3. The van der Waals surface area contributed by atoms with Crippen molar-refractivity contribution in [1.29, 1.82) is 0 Å². The zero-order valence-electron chi connectivity index (χ0n) is 14.2. The molecule has 3 rings (SSSR count). The zero-order chi connectivity index (χ0) is 18.5. The van der Waals surface area contributed by atoms with Gasteiger partial charge in [-0.3, -0.25) is 4.79 Å². The maximum Gasteiger partial charge on any atom is 0.227 e. The van der Waals surface area contributed by atoms with Crippen molar-refractivity contribution in [3.8, 4) is 11.4 Å². The average molecular weight is 390 g/mol. The van der Waals surface area contributed by atoms with Crippen LogP contribution in [0.5, 0.6) is 0 Å². The quantitative estimate of drug-likeness (QED) is 0.616. The van der Waals surface area contributed by atoms with E-state index in [4.69, 9.17) is 27.7 Å². The van der Waals surface area contributed by atoms with Crippen LogP contribution >= 0.6 is 23.2 Å². The highest BCUT2D eigenvalue weighted by Crippen LogP contribution is 2.19. The molecule has 0 bridgehead atoms. The summed E-state index contributed by atoms with van der Waals surface area (Å²) in [7, 11) is 1.76. The van der Waals surface area contributed by atoms with Gasteiger partial charge in [0, 0.05) is 42.0 Å². The number of amides is 1. The first kappa shape index (κ1) is 18.4. The minimum absolute atomic E-state index is 0.00350. The molecule has 0 radical (unpaired) electrons. The number of nitrogens with zero attached hydrogens (tertiary/aromatic N) is 3. The van der Waals surface area contributed by atoms with Crippen LogP contribution in [0, 0.1) is 0 Å². The highest BCUT2D eigenvalue weighted by molar-refractivity contribution is 6.30. The number of aryl methyl sites for hydroxylation is 1. The molecule has 2 aromatic carbocycles. The topological polar surface area (TPSA) is 59.2 Å². The molecule has 5 nitrogen and oxygen atoms in total. The molecule has 7 heteroatoms. The van der Waals surface area contributed by atoms with E-state index in [1.807, 2.05) is 30.3 Å². The minimum Gasteiger partial charge on any atom is -0.341 e. The van der Waals surface area contributed by atoms with Crippen LogP contribution in [0.15, 0.2) is 53.1 Å². The molecular weight excluding hydrogens is 373 g/mol. The average Bonchev–Trinajstić information content (AvgIpc) is 3.09. The Morgan fingerprint density at radius 2 is 1.88 bits per heavy atom. The third-order valence-corrected chi connectivity index (χ3v) is 4.34. The maximum atomic E-state index is 12.3. The summed E-state index contributed by atoms with van der Waals surface area (Å²) in [4.78, 5) is 18.3. The summed E-state index contributed by atoms with van der Waals surface area (Å²) in [5, 5.41) is 5.25. The Morgan fingerprint density at radius 3 is 2.62 bits per heavy atom. The molecule has 0 N–H and O–H groups in total. The van der Waals surface area contributed by atoms with E-state index in [2.05, 4.69) is 10.1 Å². The molecule has 0 saturated heterocycles. The van der Waals surface area contributed by atoms with Crippen LogP contribution in [0.3, 0.4) is 0 Å². The van der Waals surface area contributed by atoms with E-state index in [-0.39, 0.29) is 5.91 Å². The highest BCUT2D eigenvalue weighted by Gasteiger charge is 2.14. The van der Waals surface area contributed by atoms with Gasteiger partial charge in [0.15, 0.2) is 0 Å². The zero-order valence-corrected chi connectivity index (χ0v) is 15.7. The van der Waals surface area contributed by atoms with Crippen LogP contribution in [0.1, 0.15) is 17.9 Å². The Hall–Kier alpha value is -2.37. The van der Waals surface area contributed by atoms with Crippen molar-refractivity contribution >= 4 is 29.1 Å². The van der Waals surface area contributed by atoms with E-state index in [0.29, 0.717) is 41.1 Å². The van der Waals surface area contributed by atoms with Gasteiger partial charge >= 0.3 is 0 Å². The van der Waals surface area contributed by atoms with E-state index in [0.717, 1.165) is 11.1 Å². The Labute approximate surface area is 161 Å². The Balaban J connectivity index is 1.55. The molecule has 0 unspecified atom stereocenters. The first-order valence-electron chi connectivity index (χ1n) is 8.08. The molecule has 1 heterocycles. The van der Waals surface area contributed by atoms with Gasteiger partial charge < -0.3 is 9.42 Å². The summed E-state index contributed by atoms with van der Waals surface area (Å²) < 4.78 is 5.23. The minimum atomic E-state index is -0.00350. The number of hydrogen-bond donors (Lipinski definition) is 0. The summed E-state index contributed by atoms with van der Waals surface area (Å²) in [5.74, 6) is 0.909. The van der Waals surface area contributed by atoms with Crippen molar-refractivity contribution in [1.82, 2.24) is 15.0 Å². The number of carbonyl (C=O) groups excluding carboxylic acids is 1. The molecule has 0 spiro atoms. The second-order valence-electron chi connectivity index (χ2n) is 5.90. The van der Waals surface area contributed by atoms with Gasteiger partial charge in [0.05, 0.1) is 0 Å². The lowest BCUT2D eigenvalue weighted by Crippen LogP contribution is -2.26. The van der Waals surface area contributed by atoms with Crippen LogP contribution in [0.2, 0.25) is 10.0 Å². The molecule has 0 atom stereocenters. The van der Waals surface area contributed by atoms with Crippen LogP contribution in [-0.2, 0) is 17.8 Å². The lowest BCUT2D eigenvalue weighted by molar-refractivity contribution is -0.130. The first-order valence-corrected chi connectivity index (χ1v) is 8.84. The number of carbonyl (C=O) groups is 1. The Kier molecular flexibility index (Phi) is 5.91. The van der Waals surface area contributed by atoms with Gasteiger partial charge in [0.2, 0.25) is 17.6 Å². The van der Waals surface area contributed by atoms with E-state index >= 15 is 0 Å². The summed E-state index contributed by atoms with van der Waals surface area (Å²) in [5.41, 5.74) is 1.80. The Morgan fingerprint density at radius 1 is 1.12 bits per heavy atom. The van der Waals surface area contributed by atoms with E-state index < -0.39 is 0 Å². The lowest BCUT2D eigenvalue weighted by Gasteiger charge is -2.17. The van der Waals surface area contributed by atoms with Crippen molar-refractivity contribution in [2.24, 2.45) is 0 Å². The predicted octanol–water partition coefficient (Wildman–Crippen LogP) is 4.63. The molecule has 1 amide bonds. The van der Waals surface area contributed by atoms with E-state index in [1.165, 1.54) is 0 Å². The molecule has 0 aliphatic rings. The van der Waals surface area contributed by atoms with Crippen LogP contribution in [0.25, 0.3) is 11.4 Å². The number of hydrogen-bond acceptors (Lipinski definition) is 4. The summed E-state index contributed by atoms with van der Waals surface area (Å²) in [6, 6.07) is 14.6. The van der Waals surface area contributed by atoms with Crippen molar-refractivity contribution in [3.05, 3.63) is 70.0 Å². The van der Waals surface area contributed by atoms with E-state index in [9.17, 15) is 4.79 Å². The monoisotopic (exact) mass is 389 g/mol. The highest BCUT2D eigenvalue weighted by atomic mass is 35.5. The fraction of sp³-hybridized carbons (Fsp3) is 0.211. The third kappa shape index (κ3) is 4.84. The van der Waals surface area contributed by atoms with Gasteiger partial charge in [-0.25, -0.2) is 0 Å². The maximum absolute atomic E-state index is 12.3. The second-order valence-corrected chi connectivity index (χ2v) is 6.77. The third-order valence-electron chi connectivity index (χ3n) is 3.86. The van der Waals surface area contributed by atoms with Gasteiger partial charge in [0.1, 0.15) is 0 Å². The second kappa shape index (κ2) is 8.34. The molecule has 1 aromatic heterocycles. The van der Waals surface area contributed by atoms with Gasteiger partial charge in [-0.05, 0) is 42.0 Å². The van der Waals surface area contributed by atoms with Crippen LogP contribution in [0.4, 0.5) is 0 Å². The largest absolute Gasteiger partial charge is 0.341 e. The fourth-order valence-corrected chi connectivity index (χ4v) is 2.81. The number of halogens is 2. The lowest BCUT2D eigenvalue weighted by atomic mass is 10.2. The van der Waals surface area contributed by atoms with Gasteiger partial charge in [-0.1, -0.05) is 40.5 Å². The van der Waals surface area contributed by atoms with Crippen molar-refractivity contribution in [3.63, 3.8) is 0 Å². The molecule has 0 aliphatic carbocycles. The smallest absolute Gasteiger partial charge is 0.227 e. The first-order chi connectivity index (χ1) is 12.5. The molecule has 0 aliphatic heterocycles. The van der Waals surface area contributed by atoms with Gasteiger partial charge in [-0.2, -0.15) is 4.98 Å². The summed E-state index contributed by atoms with van der Waals surface area (Å²) in [6.07, 6.45) is 0.679. The van der Waals surface area contributed by atoms with Crippen molar-refractivity contribution in [2.75, 3.05) is 7.05 Å². The number of benzene rings is 2. The number of aromatic nitrogens is 2.